The largest absolute Gasteiger partial charge is 0.495 e. The van der Waals surface area contributed by atoms with Gasteiger partial charge in [0.1, 0.15) is 16.2 Å². The fraction of sp³-hybridized carbons (Fsp3) is 0.235. The quantitative estimate of drug-likeness (QED) is 0.802. The maximum Gasteiger partial charge on any atom is 0.325 e. The summed E-state index contributed by atoms with van der Waals surface area (Å²) in [7, 11) is -2.81. The molecule has 6 nitrogen and oxygen atoms in total. The van der Waals surface area contributed by atoms with Crippen molar-refractivity contribution in [1.29, 1.82) is 0 Å². The molecule has 0 saturated heterocycles. The number of hydrogen-bond acceptors (Lipinski definition) is 4. The van der Waals surface area contributed by atoms with Gasteiger partial charge in [-0.3, -0.25) is 4.79 Å². The predicted molar refractivity (Wildman–Crippen MR) is 92.5 cm³/mol. The Bertz CT molecular complexity index is 916. The van der Waals surface area contributed by atoms with Gasteiger partial charge in [0.15, 0.2) is 0 Å². The van der Waals surface area contributed by atoms with Crippen molar-refractivity contribution < 1.29 is 23.1 Å². The maximum atomic E-state index is 12.8. The van der Waals surface area contributed by atoms with Gasteiger partial charge in [0.2, 0.25) is 10.0 Å². The van der Waals surface area contributed by atoms with E-state index in [9.17, 15) is 18.3 Å². The lowest BCUT2D eigenvalue weighted by Crippen LogP contribution is -2.44. The number of nitrogens with one attached hydrogen (secondary N) is 1. The lowest BCUT2D eigenvalue weighted by Gasteiger charge is -2.17. The summed E-state index contributed by atoms with van der Waals surface area (Å²) in [5.74, 6) is -1.56. The van der Waals surface area contributed by atoms with Crippen molar-refractivity contribution in [2.75, 3.05) is 7.11 Å². The zero-order valence-corrected chi connectivity index (χ0v) is 14.8. The third-order valence-electron chi connectivity index (χ3n) is 4.28. The molecule has 0 aliphatic heterocycles. The third kappa shape index (κ3) is 3.22. The highest BCUT2D eigenvalue weighted by Gasteiger charge is 2.63. The van der Waals surface area contributed by atoms with Gasteiger partial charge < -0.3 is 9.84 Å². The van der Waals surface area contributed by atoms with Gasteiger partial charge in [-0.2, -0.15) is 4.72 Å². The average molecular weight is 382 g/mol. The zero-order valence-electron chi connectivity index (χ0n) is 13.3. The van der Waals surface area contributed by atoms with Crippen LogP contribution in [-0.4, -0.2) is 32.1 Å². The van der Waals surface area contributed by atoms with Crippen molar-refractivity contribution in [1.82, 2.24) is 4.72 Å². The molecule has 3 rings (SSSR count). The van der Waals surface area contributed by atoms with Crippen LogP contribution in [0.2, 0.25) is 5.02 Å². The van der Waals surface area contributed by atoms with Crippen LogP contribution in [0.5, 0.6) is 5.75 Å². The van der Waals surface area contributed by atoms with Gasteiger partial charge >= 0.3 is 5.97 Å². The Morgan fingerprint density at radius 3 is 2.56 bits per heavy atom. The first-order valence-electron chi connectivity index (χ1n) is 7.46. The topological polar surface area (TPSA) is 92.7 Å². The molecule has 0 radical (unpaired) electrons. The minimum atomic E-state index is -4.15. The van der Waals surface area contributed by atoms with Crippen molar-refractivity contribution >= 4 is 27.6 Å². The lowest BCUT2D eigenvalue weighted by molar-refractivity contribution is -0.140. The number of rotatable bonds is 6. The zero-order chi connectivity index (χ0) is 18.2. The van der Waals surface area contributed by atoms with Crippen molar-refractivity contribution in [2.45, 2.75) is 22.8 Å². The molecule has 25 heavy (non-hydrogen) atoms. The number of benzene rings is 2. The highest BCUT2D eigenvalue weighted by molar-refractivity contribution is 7.89. The van der Waals surface area contributed by atoms with Gasteiger partial charge in [0.25, 0.3) is 0 Å². The first-order chi connectivity index (χ1) is 11.8. The van der Waals surface area contributed by atoms with E-state index < -0.39 is 27.4 Å². The molecule has 2 unspecified atom stereocenters. The summed E-state index contributed by atoms with van der Waals surface area (Å²) in [5, 5.41) is 9.85. The summed E-state index contributed by atoms with van der Waals surface area (Å²) in [4.78, 5) is 11.6. The van der Waals surface area contributed by atoms with Crippen LogP contribution in [0, 0.1) is 0 Å². The summed E-state index contributed by atoms with van der Waals surface area (Å²) < 4.78 is 33.0. The normalized spacial score (nSPS) is 22.4. The molecule has 0 spiro atoms. The van der Waals surface area contributed by atoms with Crippen LogP contribution in [0.1, 0.15) is 17.9 Å². The standard InChI is InChI=1S/C17H16ClNO5S/c1-24-14-8-7-12(18)9-15(14)25(22,23)19-17(16(20)21)10-13(17)11-5-3-2-4-6-11/h2-9,13,19H,10H2,1H3,(H,20,21). The lowest BCUT2D eigenvalue weighted by atomic mass is 10.1. The number of hydrogen-bond donors (Lipinski definition) is 2. The molecule has 1 fully saturated rings. The number of carboxylic acids is 1. The fourth-order valence-electron chi connectivity index (χ4n) is 2.90. The Morgan fingerprint density at radius 2 is 1.96 bits per heavy atom. The van der Waals surface area contributed by atoms with E-state index >= 15 is 0 Å². The van der Waals surface area contributed by atoms with Gasteiger partial charge in [-0.25, -0.2) is 8.42 Å². The molecule has 0 heterocycles. The summed E-state index contributed by atoms with van der Waals surface area (Å²) in [5.41, 5.74) is -0.807. The summed E-state index contributed by atoms with van der Waals surface area (Å²) >= 11 is 5.89. The molecule has 1 saturated carbocycles. The number of carboxylic acid groups (broad SMARTS) is 1. The molecule has 1 aliphatic rings. The summed E-state index contributed by atoms with van der Waals surface area (Å²) in [6, 6.07) is 13.1. The molecule has 132 valence electrons. The molecule has 1 aliphatic carbocycles. The fourth-order valence-corrected chi connectivity index (χ4v) is 4.74. The molecule has 2 N–H and O–H groups in total. The molecule has 2 atom stereocenters. The van der Waals surface area contributed by atoms with Crippen LogP contribution < -0.4 is 9.46 Å². The predicted octanol–water partition coefficient (Wildman–Crippen LogP) is 2.64. The van der Waals surface area contributed by atoms with Gasteiger partial charge in [-0.1, -0.05) is 41.9 Å². The number of halogens is 1. The van der Waals surface area contributed by atoms with Crippen molar-refractivity contribution in [3.05, 3.63) is 59.1 Å². The molecule has 0 bridgehead atoms. The van der Waals surface area contributed by atoms with Gasteiger partial charge in [-0.05, 0) is 30.2 Å². The monoisotopic (exact) mass is 381 g/mol. The minimum absolute atomic E-state index is 0.0920. The smallest absolute Gasteiger partial charge is 0.325 e. The Balaban J connectivity index is 1.97. The van der Waals surface area contributed by atoms with E-state index in [-0.39, 0.29) is 22.1 Å². The second-order valence-corrected chi connectivity index (χ2v) is 7.93. The van der Waals surface area contributed by atoms with E-state index in [1.165, 1.54) is 25.3 Å². The molecule has 2 aromatic rings. The van der Waals surface area contributed by atoms with Crippen molar-refractivity contribution in [3.8, 4) is 5.75 Å². The van der Waals surface area contributed by atoms with Gasteiger partial charge in [0.05, 0.1) is 7.11 Å². The van der Waals surface area contributed by atoms with Crippen molar-refractivity contribution in [3.63, 3.8) is 0 Å². The maximum absolute atomic E-state index is 12.8. The number of methoxy groups -OCH3 is 1. The van der Waals surface area contributed by atoms with E-state index in [0.29, 0.717) is 0 Å². The van der Waals surface area contributed by atoms with Crippen LogP contribution in [0.25, 0.3) is 0 Å². The second-order valence-electron chi connectivity index (χ2n) is 5.84. The Hall–Kier alpha value is -2.09. The van der Waals surface area contributed by atoms with E-state index in [4.69, 9.17) is 16.3 Å². The van der Waals surface area contributed by atoms with E-state index in [2.05, 4.69) is 4.72 Å². The summed E-state index contributed by atoms with van der Waals surface area (Å²) in [6.07, 6.45) is 0.175. The van der Waals surface area contributed by atoms with Crippen molar-refractivity contribution in [2.24, 2.45) is 0 Å². The van der Waals surface area contributed by atoms with E-state index in [1.54, 1.807) is 24.3 Å². The average Bonchev–Trinajstić information content (AvgIpc) is 3.30. The molecule has 0 aromatic heterocycles. The molecule has 0 amide bonds. The van der Waals surface area contributed by atoms with Crippen LogP contribution in [0.4, 0.5) is 0 Å². The van der Waals surface area contributed by atoms with Crippen LogP contribution in [0.15, 0.2) is 53.4 Å². The van der Waals surface area contributed by atoms with Crippen LogP contribution in [0.3, 0.4) is 0 Å². The number of carbonyl (C=O) groups is 1. The number of sulfonamides is 1. The second kappa shape index (κ2) is 6.33. The Labute approximate surface area is 150 Å². The molecular weight excluding hydrogens is 366 g/mol. The number of ether oxygens (including phenoxy) is 1. The summed E-state index contributed by atoms with van der Waals surface area (Å²) in [6.45, 7) is 0. The third-order valence-corrected chi connectivity index (χ3v) is 6.04. The van der Waals surface area contributed by atoms with Crippen LogP contribution >= 0.6 is 11.6 Å². The van der Waals surface area contributed by atoms with Gasteiger partial charge in [0, 0.05) is 10.9 Å². The van der Waals surface area contributed by atoms with E-state index in [1.807, 2.05) is 6.07 Å². The Morgan fingerprint density at radius 1 is 1.28 bits per heavy atom. The highest BCUT2D eigenvalue weighted by Crippen LogP contribution is 2.52. The molecule has 2 aromatic carbocycles. The molecular formula is C17H16ClNO5S. The van der Waals surface area contributed by atoms with E-state index in [0.717, 1.165) is 5.56 Å². The Kier molecular flexibility index (Phi) is 4.49. The van der Waals surface area contributed by atoms with Crippen LogP contribution in [-0.2, 0) is 14.8 Å². The highest BCUT2D eigenvalue weighted by atomic mass is 35.5. The SMILES string of the molecule is COc1ccc(Cl)cc1S(=O)(=O)NC1(C(=O)O)CC1c1ccccc1. The first-order valence-corrected chi connectivity index (χ1v) is 9.32. The molecule has 8 heteroatoms. The first kappa shape index (κ1) is 17.7. The minimum Gasteiger partial charge on any atom is -0.495 e. The van der Waals surface area contributed by atoms with Gasteiger partial charge in [-0.15, -0.1) is 0 Å². The number of aliphatic carboxylic acids is 1.